The van der Waals surface area contributed by atoms with Gasteiger partial charge in [-0.25, -0.2) is 0 Å². The molecule has 1 saturated heterocycles. The summed E-state index contributed by atoms with van der Waals surface area (Å²) in [7, 11) is 1.74. The van der Waals surface area contributed by atoms with Crippen LogP contribution in [-0.2, 0) is 17.9 Å². The van der Waals surface area contributed by atoms with E-state index in [-0.39, 0.29) is 11.8 Å². The highest BCUT2D eigenvalue weighted by Crippen LogP contribution is 2.31. The summed E-state index contributed by atoms with van der Waals surface area (Å²) in [6.07, 6.45) is 0.871. The minimum Gasteiger partial charge on any atom is -0.433 e. The van der Waals surface area contributed by atoms with Crippen molar-refractivity contribution >= 4 is 11.6 Å². The van der Waals surface area contributed by atoms with E-state index in [9.17, 15) is 8.78 Å². The van der Waals surface area contributed by atoms with E-state index < -0.39 is 6.61 Å². The number of alkyl halides is 2. The molecule has 1 aliphatic heterocycles. The first kappa shape index (κ1) is 22.8. The number of aliphatic imine (C=N–C) groups is 1. The number of hydrogen-bond acceptors (Lipinski definition) is 4. The summed E-state index contributed by atoms with van der Waals surface area (Å²) in [6.45, 7) is 2.54. The fourth-order valence-corrected chi connectivity index (χ4v) is 3.56. The average molecular weight is 433 g/mol. The van der Waals surface area contributed by atoms with E-state index in [1.165, 1.54) is 0 Å². The van der Waals surface area contributed by atoms with Gasteiger partial charge in [-0.2, -0.15) is 8.78 Å². The summed E-state index contributed by atoms with van der Waals surface area (Å²) < 4.78 is 35.5. The smallest absolute Gasteiger partial charge is 0.387 e. The van der Waals surface area contributed by atoms with Crippen LogP contribution in [0.1, 0.15) is 24.5 Å². The van der Waals surface area contributed by atoms with E-state index in [1.807, 2.05) is 19.1 Å². The topological polar surface area (TPSA) is 58.1 Å². The Morgan fingerprint density at radius 1 is 1.16 bits per heavy atom. The van der Waals surface area contributed by atoms with Crippen molar-refractivity contribution in [3.63, 3.8) is 0 Å². The minimum atomic E-state index is -2.84. The number of halogens is 2. The third kappa shape index (κ3) is 6.82. The molecule has 0 aliphatic carbocycles. The van der Waals surface area contributed by atoms with E-state index in [0.717, 1.165) is 24.1 Å². The van der Waals surface area contributed by atoms with Gasteiger partial charge in [-0.15, -0.1) is 0 Å². The fraction of sp³-hybridized carbons (Fsp3) is 0.435. The number of guanidine groups is 1. The van der Waals surface area contributed by atoms with Crippen molar-refractivity contribution in [1.82, 2.24) is 10.6 Å². The first-order valence-electron chi connectivity index (χ1n) is 10.5. The second-order valence-electron chi connectivity index (χ2n) is 7.30. The van der Waals surface area contributed by atoms with Crippen LogP contribution in [0.25, 0.3) is 0 Å². The Hall–Kier alpha value is -2.87. The van der Waals surface area contributed by atoms with Crippen LogP contribution in [0.4, 0.5) is 14.5 Å². The molecule has 0 saturated carbocycles. The Kier molecular flexibility index (Phi) is 8.46. The lowest BCUT2D eigenvalue weighted by Gasteiger charge is -2.22. The van der Waals surface area contributed by atoms with Gasteiger partial charge >= 0.3 is 6.61 Å². The third-order valence-corrected chi connectivity index (χ3v) is 5.13. The number of nitrogens with one attached hydrogen (secondary N) is 2. The van der Waals surface area contributed by atoms with Crippen LogP contribution in [-0.4, -0.2) is 45.4 Å². The number of benzene rings is 2. The Morgan fingerprint density at radius 3 is 2.61 bits per heavy atom. The molecule has 0 amide bonds. The summed E-state index contributed by atoms with van der Waals surface area (Å²) in [5.74, 6) is 0.913. The van der Waals surface area contributed by atoms with Gasteiger partial charge in [-0.1, -0.05) is 36.4 Å². The van der Waals surface area contributed by atoms with Crippen molar-refractivity contribution < 1.29 is 18.3 Å². The van der Waals surface area contributed by atoms with Gasteiger partial charge in [0.1, 0.15) is 5.75 Å². The first-order valence-corrected chi connectivity index (χ1v) is 10.5. The van der Waals surface area contributed by atoms with E-state index in [4.69, 9.17) is 4.74 Å². The number of hydrogen-bond donors (Lipinski definition) is 2. The first-order chi connectivity index (χ1) is 15.1. The van der Waals surface area contributed by atoms with Crippen LogP contribution in [0.3, 0.4) is 0 Å². The molecule has 31 heavy (non-hydrogen) atoms. The maximum Gasteiger partial charge on any atom is 0.387 e. The van der Waals surface area contributed by atoms with Gasteiger partial charge in [0.25, 0.3) is 0 Å². The molecule has 0 radical (unpaired) electrons. The quantitative estimate of drug-likeness (QED) is 0.467. The predicted octanol–water partition coefficient (Wildman–Crippen LogP) is 3.77. The van der Waals surface area contributed by atoms with Crippen LogP contribution in [0.5, 0.6) is 5.75 Å². The highest BCUT2D eigenvalue weighted by molar-refractivity contribution is 5.80. The molecule has 1 aliphatic rings. The molecule has 2 N–H and O–H groups in total. The van der Waals surface area contributed by atoms with E-state index in [1.54, 1.807) is 19.2 Å². The Balaban J connectivity index is 1.51. The lowest BCUT2D eigenvalue weighted by atomic mass is 10.1. The summed E-state index contributed by atoms with van der Waals surface area (Å²) >= 11 is 0. The lowest BCUT2D eigenvalue weighted by Crippen LogP contribution is -2.44. The molecule has 1 atom stereocenters. The number of nitrogens with zero attached hydrogens (tertiary/aromatic N) is 2. The van der Waals surface area contributed by atoms with Crippen molar-refractivity contribution in [2.45, 2.75) is 39.1 Å². The second-order valence-corrected chi connectivity index (χ2v) is 7.30. The van der Waals surface area contributed by atoms with E-state index in [0.29, 0.717) is 38.0 Å². The second kappa shape index (κ2) is 11.5. The highest BCUT2D eigenvalue weighted by atomic mass is 19.3. The maximum absolute atomic E-state index is 12.7. The van der Waals surface area contributed by atoms with Gasteiger partial charge < -0.3 is 25.0 Å². The van der Waals surface area contributed by atoms with Crippen LogP contribution >= 0.6 is 0 Å². The molecule has 1 heterocycles. The van der Waals surface area contributed by atoms with Crippen LogP contribution in [0, 0.1) is 0 Å². The zero-order valence-corrected chi connectivity index (χ0v) is 18.0. The molecule has 6 nitrogen and oxygen atoms in total. The van der Waals surface area contributed by atoms with Crippen molar-refractivity contribution in [2.24, 2.45) is 4.99 Å². The standard InChI is InChI=1S/C23H30F2N4O2/c1-3-30-16-18-10-8-17(9-11-18)14-27-23(26-2)28-19-12-13-29(15-19)20-6-4-5-7-21(20)31-22(24)25/h4-11,19,22H,3,12-16H2,1-2H3,(H2,26,27,28). The van der Waals surface area contributed by atoms with Crippen molar-refractivity contribution in [3.8, 4) is 5.75 Å². The van der Waals surface area contributed by atoms with E-state index in [2.05, 4.69) is 49.5 Å². The van der Waals surface area contributed by atoms with Crippen LogP contribution in [0.15, 0.2) is 53.5 Å². The van der Waals surface area contributed by atoms with Crippen LogP contribution in [0.2, 0.25) is 0 Å². The molecule has 1 fully saturated rings. The third-order valence-electron chi connectivity index (χ3n) is 5.13. The van der Waals surface area contributed by atoms with Gasteiger partial charge in [-0.3, -0.25) is 4.99 Å². The molecular formula is C23H30F2N4O2. The normalized spacial score (nSPS) is 16.6. The average Bonchev–Trinajstić information content (AvgIpc) is 3.24. The number of para-hydroxylation sites is 2. The monoisotopic (exact) mass is 432 g/mol. The Labute approximate surface area is 182 Å². The number of anilines is 1. The minimum absolute atomic E-state index is 0.152. The Bertz CT molecular complexity index is 846. The maximum atomic E-state index is 12.7. The summed E-state index contributed by atoms with van der Waals surface area (Å²) in [5, 5.41) is 6.76. The largest absolute Gasteiger partial charge is 0.433 e. The summed E-state index contributed by atoms with van der Waals surface area (Å²) in [6, 6.07) is 15.3. The molecule has 168 valence electrons. The van der Waals surface area contributed by atoms with Gasteiger partial charge in [0.2, 0.25) is 0 Å². The van der Waals surface area contributed by atoms with Crippen molar-refractivity contribution in [1.29, 1.82) is 0 Å². The fourth-order valence-electron chi connectivity index (χ4n) is 3.56. The molecular weight excluding hydrogens is 402 g/mol. The van der Waals surface area contributed by atoms with E-state index >= 15 is 0 Å². The molecule has 8 heteroatoms. The zero-order chi connectivity index (χ0) is 22.1. The van der Waals surface area contributed by atoms with Crippen molar-refractivity contribution in [2.75, 3.05) is 31.6 Å². The summed E-state index contributed by atoms with van der Waals surface area (Å²) in [5.41, 5.74) is 2.98. The number of ether oxygens (including phenoxy) is 2. The highest BCUT2D eigenvalue weighted by Gasteiger charge is 2.26. The van der Waals surface area contributed by atoms with Crippen molar-refractivity contribution in [3.05, 3.63) is 59.7 Å². The summed E-state index contributed by atoms with van der Waals surface area (Å²) in [4.78, 5) is 6.37. The Morgan fingerprint density at radius 2 is 1.90 bits per heavy atom. The van der Waals surface area contributed by atoms with Crippen LogP contribution < -0.4 is 20.3 Å². The molecule has 0 spiro atoms. The molecule has 3 rings (SSSR count). The van der Waals surface area contributed by atoms with Gasteiger partial charge in [0, 0.05) is 39.3 Å². The van der Waals surface area contributed by atoms with Gasteiger partial charge in [-0.05, 0) is 36.6 Å². The molecule has 2 aromatic carbocycles. The molecule has 1 unspecified atom stereocenters. The molecule has 2 aromatic rings. The molecule has 0 bridgehead atoms. The zero-order valence-electron chi connectivity index (χ0n) is 18.0. The molecule has 0 aromatic heterocycles. The number of rotatable bonds is 9. The lowest BCUT2D eigenvalue weighted by molar-refractivity contribution is -0.0495. The van der Waals surface area contributed by atoms with Gasteiger partial charge in [0.15, 0.2) is 5.96 Å². The SMILES string of the molecule is CCOCc1ccc(CNC(=NC)NC2CCN(c3ccccc3OC(F)F)C2)cc1. The predicted molar refractivity (Wildman–Crippen MR) is 119 cm³/mol. The van der Waals surface area contributed by atoms with Gasteiger partial charge in [0.05, 0.1) is 12.3 Å².